The monoisotopic (exact) mass is 375 g/mol. The van der Waals surface area contributed by atoms with E-state index in [2.05, 4.69) is 4.74 Å². The Kier molecular flexibility index (Phi) is 5.21. The summed E-state index contributed by atoms with van der Waals surface area (Å²) in [6.07, 6.45) is -4.03. The SMILES string of the molecule is CS(=O)(=O)NC(=O)c1ccc(Oc2ccccc2OC(F)(F)F)cc1. The highest BCUT2D eigenvalue weighted by atomic mass is 32.2. The van der Waals surface area contributed by atoms with E-state index in [9.17, 15) is 26.4 Å². The van der Waals surface area contributed by atoms with Crippen LogP contribution in [-0.4, -0.2) is 26.9 Å². The molecule has 0 fully saturated rings. The lowest BCUT2D eigenvalue weighted by Crippen LogP contribution is -2.29. The molecule has 1 N–H and O–H groups in total. The normalized spacial score (nSPS) is 11.7. The maximum atomic E-state index is 12.4. The number of rotatable bonds is 5. The van der Waals surface area contributed by atoms with E-state index in [1.54, 1.807) is 4.72 Å². The molecular weight excluding hydrogens is 363 g/mol. The van der Waals surface area contributed by atoms with Crippen molar-refractivity contribution >= 4 is 15.9 Å². The van der Waals surface area contributed by atoms with Crippen molar-refractivity contribution in [1.29, 1.82) is 0 Å². The van der Waals surface area contributed by atoms with Crippen molar-refractivity contribution in [2.24, 2.45) is 0 Å². The standard InChI is InChI=1S/C15H12F3NO5S/c1-25(21,22)19-14(20)10-6-8-11(9-7-10)23-12-4-2-3-5-13(12)24-15(16,17)18/h2-9H,1H3,(H,19,20). The van der Waals surface area contributed by atoms with Gasteiger partial charge in [-0.25, -0.2) is 13.1 Å². The van der Waals surface area contributed by atoms with Gasteiger partial charge in [-0.3, -0.25) is 4.79 Å². The van der Waals surface area contributed by atoms with Crippen LogP contribution in [0.1, 0.15) is 10.4 Å². The van der Waals surface area contributed by atoms with E-state index in [-0.39, 0.29) is 17.1 Å². The van der Waals surface area contributed by atoms with Crippen LogP contribution in [0.15, 0.2) is 48.5 Å². The van der Waals surface area contributed by atoms with Crippen LogP contribution in [-0.2, 0) is 10.0 Å². The van der Waals surface area contributed by atoms with Gasteiger partial charge in [0.15, 0.2) is 11.5 Å². The van der Waals surface area contributed by atoms with Crippen LogP contribution >= 0.6 is 0 Å². The van der Waals surface area contributed by atoms with Crippen LogP contribution in [0.25, 0.3) is 0 Å². The minimum Gasteiger partial charge on any atom is -0.453 e. The molecule has 2 rings (SSSR count). The Morgan fingerprint density at radius 3 is 2.08 bits per heavy atom. The first kappa shape index (κ1) is 18.6. The molecule has 0 heterocycles. The third-order valence-electron chi connectivity index (χ3n) is 2.70. The van der Waals surface area contributed by atoms with Crippen LogP contribution in [0.2, 0.25) is 0 Å². The number of benzene rings is 2. The Morgan fingerprint density at radius 2 is 1.56 bits per heavy atom. The average Bonchev–Trinajstić information content (AvgIpc) is 2.47. The van der Waals surface area contributed by atoms with E-state index >= 15 is 0 Å². The molecule has 0 aliphatic heterocycles. The number of hydrogen-bond acceptors (Lipinski definition) is 5. The highest BCUT2D eigenvalue weighted by molar-refractivity contribution is 7.89. The van der Waals surface area contributed by atoms with E-state index in [0.717, 1.165) is 12.3 Å². The molecule has 2 aromatic rings. The smallest absolute Gasteiger partial charge is 0.453 e. The number of carbonyl (C=O) groups excluding carboxylic acids is 1. The summed E-state index contributed by atoms with van der Waals surface area (Å²) in [6, 6.07) is 10.3. The Balaban J connectivity index is 2.16. The summed E-state index contributed by atoms with van der Waals surface area (Å²) in [5, 5.41) is 0. The van der Waals surface area contributed by atoms with Gasteiger partial charge in [0, 0.05) is 5.56 Å². The van der Waals surface area contributed by atoms with Gasteiger partial charge in [0.1, 0.15) is 5.75 Å². The Labute approximate surface area is 141 Å². The summed E-state index contributed by atoms with van der Waals surface area (Å²) in [5.74, 6) is -1.40. The quantitative estimate of drug-likeness (QED) is 0.869. The van der Waals surface area contributed by atoms with E-state index in [4.69, 9.17) is 4.74 Å². The number of carbonyl (C=O) groups is 1. The summed E-state index contributed by atoms with van der Waals surface area (Å²) in [4.78, 5) is 11.7. The van der Waals surface area contributed by atoms with Crippen molar-refractivity contribution in [2.75, 3.05) is 6.26 Å². The molecule has 6 nitrogen and oxygen atoms in total. The predicted molar refractivity (Wildman–Crippen MR) is 82.0 cm³/mol. The molecule has 0 unspecified atom stereocenters. The van der Waals surface area contributed by atoms with Gasteiger partial charge in [0.2, 0.25) is 10.0 Å². The zero-order valence-electron chi connectivity index (χ0n) is 12.7. The number of amides is 1. The van der Waals surface area contributed by atoms with Gasteiger partial charge >= 0.3 is 6.36 Å². The minimum atomic E-state index is -4.87. The van der Waals surface area contributed by atoms with Crippen molar-refractivity contribution in [3.63, 3.8) is 0 Å². The number of alkyl halides is 3. The molecule has 0 aliphatic rings. The van der Waals surface area contributed by atoms with Gasteiger partial charge < -0.3 is 9.47 Å². The van der Waals surface area contributed by atoms with Gasteiger partial charge in [-0.15, -0.1) is 13.2 Å². The van der Waals surface area contributed by atoms with Crippen LogP contribution in [0, 0.1) is 0 Å². The van der Waals surface area contributed by atoms with Crippen LogP contribution in [0.3, 0.4) is 0 Å². The Bertz CT molecular complexity index is 863. The zero-order chi connectivity index (χ0) is 18.7. The third kappa shape index (κ3) is 5.99. The van der Waals surface area contributed by atoms with Crippen molar-refractivity contribution in [3.05, 3.63) is 54.1 Å². The molecule has 0 radical (unpaired) electrons. The molecule has 0 atom stereocenters. The van der Waals surface area contributed by atoms with Crippen LogP contribution < -0.4 is 14.2 Å². The van der Waals surface area contributed by atoms with Gasteiger partial charge in [0.25, 0.3) is 5.91 Å². The fourth-order valence-corrected chi connectivity index (χ4v) is 2.23. The zero-order valence-corrected chi connectivity index (χ0v) is 13.5. The van der Waals surface area contributed by atoms with Gasteiger partial charge in [0.05, 0.1) is 6.26 Å². The van der Waals surface area contributed by atoms with Gasteiger partial charge in [-0.1, -0.05) is 12.1 Å². The molecule has 0 aromatic heterocycles. The summed E-state index contributed by atoms with van der Waals surface area (Å²) in [6.45, 7) is 0. The molecule has 0 saturated carbocycles. The molecule has 0 saturated heterocycles. The van der Waals surface area contributed by atoms with Crippen molar-refractivity contribution < 1.29 is 35.9 Å². The second-order valence-corrected chi connectivity index (χ2v) is 6.57. The maximum Gasteiger partial charge on any atom is 0.573 e. The molecular formula is C15H12F3NO5S. The minimum absolute atomic E-state index is 0.0394. The molecule has 0 spiro atoms. The number of para-hydroxylation sites is 2. The Hall–Kier alpha value is -2.75. The lowest BCUT2D eigenvalue weighted by molar-refractivity contribution is -0.275. The second-order valence-electron chi connectivity index (χ2n) is 4.82. The molecule has 134 valence electrons. The van der Waals surface area contributed by atoms with Crippen LogP contribution in [0.5, 0.6) is 17.2 Å². The molecule has 0 aliphatic carbocycles. The summed E-state index contributed by atoms with van der Waals surface area (Å²) < 4.78 is 70.1. The molecule has 0 bridgehead atoms. The topological polar surface area (TPSA) is 81.7 Å². The van der Waals surface area contributed by atoms with E-state index in [1.807, 2.05) is 0 Å². The number of hydrogen-bond donors (Lipinski definition) is 1. The van der Waals surface area contributed by atoms with Crippen molar-refractivity contribution in [1.82, 2.24) is 4.72 Å². The maximum absolute atomic E-state index is 12.4. The highest BCUT2D eigenvalue weighted by Crippen LogP contribution is 2.34. The summed E-state index contributed by atoms with van der Waals surface area (Å²) >= 11 is 0. The number of halogens is 3. The first-order chi connectivity index (χ1) is 11.5. The molecule has 10 heteroatoms. The third-order valence-corrected chi connectivity index (χ3v) is 3.25. The van der Waals surface area contributed by atoms with E-state index in [0.29, 0.717) is 0 Å². The second kappa shape index (κ2) is 7.01. The van der Waals surface area contributed by atoms with E-state index < -0.39 is 28.0 Å². The average molecular weight is 375 g/mol. The number of ether oxygens (including phenoxy) is 2. The fourth-order valence-electron chi connectivity index (χ4n) is 1.77. The molecule has 25 heavy (non-hydrogen) atoms. The lowest BCUT2D eigenvalue weighted by atomic mass is 10.2. The number of sulfonamides is 1. The van der Waals surface area contributed by atoms with Crippen LogP contribution in [0.4, 0.5) is 13.2 Å². The van der Waals surface area contributed by atoms with Crippen molar-refractivity contribution in [2.45, 2.75) is 6.36 Å². The number of nitrogens with one attached hydrogen (secondary N) is 1. The lowest BCUT2D eigenvalue weighted by Gasteiger charge is -2.13. The summed E-state index contributed by atoms with van der Waals surface area (Å²) in [5.41, 5.74) is 0.0394. The highest BCUT2D eigenvalue weighted by Gasteiger charge is 2.32. The summed E-state index contributed by atoms with van der Waals surface area (Å²) in [7, 11) is -3.71. The Morgan fingerprint density at radius 1 is 1.00 bits per heavy atom. The van der Waals surface area contributed by atoms with Gasteiger partial charge in [-0.2, -0.15) is 0 Å². The largest absolute Gasteiger partial charge is 0.573 e. The van der Waals surface area contributed by atoms with E-state index in [1.165, 1.54) is 42.5 Å². The molecule has 2 aromatic carbocycles. The van der Waals surface area contributed by atoms with Gasteiger partial charge in [-0.05, 0) is 36.4 Å². The molecule has 1 amide bonds. The predicted octanol–water partition coefficient (Wildman–Crippen LogP) is 3.07. The fraction of sp³-hybridized carbons (Fsp3) is 0.133. The van der Waals surface area contributed by atoms with Crippen molar-refractivity contribution in [3.8, 4) is 17.2 Å². The first-order valence-electron chi connectivity index (χ1n) is 6.68. The first-order valence-corrected chi connectivity index (χ1v) is 8.57.